The SMILES string of the molecule is COc1cc(C=C(C#N)c2ccccc2Cl)c(Br)cc1OCc1cccc(F)c1. The molecule has 0 spiro atoms. The number of methoxy groups -OCH3 is 1. The van der Waals surface area contributed by atoms with Gasteiger partial charge in [0.15, 0.2) is 11.5 Å². The van der Waals surface area contributed by atoms with Crippen LogP contribution in [-0.2, 0) is 6.61 Å². The first-order valence-electron chi connectivity index (χ1n) is 8.63. The molecule has 0 atom stereocenters. The first kappa shape index (κ1) is 20.9. The van der Waals surface area contributed by atoms with Gasteiger partial charge in [-0.05, 0) is 47.5 Å². The third-order valence-corrected chi connectivity index (χ3v) is 5.17. The van der Waals surface area contributed by atoms with Crippen molar-refractivity contribution in [1.82, 2.24) is 0 Å². The number of benzene rings is 3. The van der Waals surface area contributed by atoms with E-state index in [1.54, 1.807) is 42.5 Å². The Hall–Kier alpha value is -2.81. The van der Waals surface area contributed by atoms with Crippen LogP contribution in [0.2, 0.25) is 5.02 Å². The molecule has 0 aliphatic carbocycles. The second-order valence-corrected chi connectivity index (χ2v) is 7.35. The summed E-state index contributed by atoms with van der Waals surface area (Å²) in [6, 6.07) is 19.1. The van der Waals surface area contributed by atoms with Crippen LogP contribution in [0.25, 0.3) is 11.6 Å². The average Bonchev–Trinajstić information content (AvgIpc) is 2.72. The van der Waals surface area contributed by atoms with E-state index < -0.39 is 0 Å². The minimum absolute atomic E-state index is 0.193. The number of hydrogen-bond donors (Lipinski definition) is 0. The van der Waals surface area contributed by atoms with E-state index in [-0.39, 0.29) is 12.4 Å². The van der Waals surface area contributed by atoms with Gasteiger partial charge in [0.2, 0.25) is 0 Å². The van der Waals surface area contributed by atoms with Crippen LogP contribution >= 0.6 is 27.5 Å². The van der Waals surface area contributed by atoms with Crippen molar-refractivity contribution in [3.8, 4) is 17.6 Å². The van der Waals surface area contributed by atoms with Crippen LogP contribution in [0.5, 0.6) is 11.5 Å². The van der Waals surface area contributed by atoms with Crippen LogP contribution in [0.15, 0.2) is 65.1 Å². The molecule has 0 amide bonds. The molecule has 0 fully saturated rings. The molecule has 3 aromatic rings. The number of nitriles is 1. The Kier molecular flexibility index (Phi) is 6.92. The van der Waals surface area contributed by atoms with Gasteiger partial charge in [-0.15, -0.1) is 0 Å². The molecule has 3 aromatic carbocycles. The highest BCUT2D eigenvalue weighted by Gasteiger charge is 2.12. The minimum atomic E-state index is -0.316. The van der Waals surface area contributed by atoms with E-state index in [4.69, 9.17) is 21.1 Å². The van der Waals surface area contributed by atoms with E-state index in [1.807, 2.05) is 12.1 Å². The van der Waals surface area contributed by atoms with Gasteiger partial charge in [0, 0.05) is 15.1 Å². The van der Waals surface area contributed by atoms with Gasteiger partial charge >= 0.3 is 0 Å². The van der Waals surface area contributed by atoms with E-state index >= 15 is 0 Å². The van der Waals surface area contributed by atoms with E-state index in [0.29, 0.717) is 37.7 Å². The van der Waals surface area contributed by atoms with Crippen LogP contribution in [-0.4, -0.2) is 7.11 Å². The van der Waals surface area contributed by atoms with Crippen molar-refractivity contribution >= 4 is 39.2 Å². The van der Waals surface area contributed by atoms with Crippen molar-refractivity contribution in [2.45, 2.75) is 6.61 Å². The van der Waals surface area contributed by atoms with Gasteiger partial charge in [-0.3, -0.25) is 0 Å². The van der Waals surface area contributed by atoms with Crippen molar-refractivity contribution in [2.75, 3.05) is 7.11 Å². The van der Waals surface area contributed by atoms with Crippen molar-refractivity contribution in [3.63, 3.8) is 0 Å². The standard InChI is InChI=1S/C23H16BrClFNO2/c1-28-22-11-16(10-17(13-27)19-7-2-3-8-21(19)25)20(24)12-23(22)29-14-15-5-4-6-18(26)9-15/h2-12H,14H2,1H3. The summed E-state index contributed by atoms with van der Waals surface area (Å²) in [6.45, 7) is 0.193. The fraction of sp³-hybridized carbons (Fsp3) is 0.0870. The lowest BCUT2D eigenvalue weighted by molar-refractivity contribution is 0.284. The van der Waals surface area contributed by atoms with Crippen LogP contribution in [0.1, 0.15) is 16.7 Å². The lowest BCUT2D eigenvalue weighted by atomic mass is 10.0. The fourth-order valence-corrected chi connectivity index (χ4v) is 3.40. The van der Waals surface area contributed by atoms with E-state index in [2.05, 4.69) is 22.0 Å². The van der Waals surface area contributed by atoms with E-state index in [9.17, 15) is 9.65 Å². The van der Waals surface area contributed by atoms with Crippen LogP contribution in [0, 0.1) is 17.1 Å². The maximum absolute atomic E-state index is 13.3. The fourth-order valence-electron chi connectivity index (χ4n) is 2.73. The number of hydrogen-bond acceptors (Lipinski definition) is 3. The molecule has 0 saturated heterocycles. The molecule has 3 nitrogen and oxygen atoms in total. The molecule has 0 aromatic heterocycles. The number of rotatable bonds is 6. The summed E-state index contributed by atoms with van der Waals surface area (Å²) >= 11 is 9.74. The quantitative estimate of drug-likeness (QED) is 0.290. The molecule has 3 rings (SSSR count). The highest BCUT2D eigenvalue weighted by atomic mass is 79.9. The Morgan fingerprint density at radius 1 is 1.14 bits per heavy atom. The van der Waals surface area contributed by atoms with Gasteiger partial charge in [0.25, 0.3) is 0 Å². The highest BCUT2D eigenvalue weighted by molar-refractivity contribution is 9.10. The Labute approximate surface area is 182 Å². The van der Waals surface area contributed by atoms with Crippen molar-refractivity contribution in [2.24, 2.45) is 0 Å². The summed E-state index contributed by atoms with van der Waals surface area (Å²) in [4.78, 5) is 0. The lowest BCUT2D eigenvalue weighted by Crippen LogP contribution is -1.99. The predicted molar refractivity (Wildman–Crippen MR) is 116 cm³/mol. The van der Waals surface area contributed by atoms with E-state index in [0.717, 1.165) is 5.56 Å². The summed E-state index contributed by atoms with van der Waals surface area (Å²) in [5.41, 5.74) is 2.51. The Bertz CT molecular complexity index is 1110. The molecule has 0 radical (unpaired) electrons. The maximum Gasteiger partial charge on any atom is 0.162 e. The number of halogens is 3. The predicted octanol–water partition coefficient (Wildman–Crippen LogP) is 6.89. The van der Waals surface area contributed by atoms with Gasteiger partial charge in [-0.1, -0.05) is 57.9 Å². The zero-order valence-electron chi connectivity index (χ0n) is 15.5. The highest BCUT2D eigenvalue weighted by Crippen LogP contribution is 2.36. The normalized spacial score (nSPS) is 11.1. The topological polar surface area (TPSA) is 42.2 Å². The first-order chi connectivity index (χ1) is 14.0. The van der Waals surface area contributed by atoms with Crippen molar-refractivity contribution in [1.29, 1.82) is 5.26 Å². The number of allylic oxidation sites excluding steroid dienone is 1. The molecule has 0 aliphatic heterocycles. The maximum atomic E-state index is 13.3. The first-order valence-corrected chi connectivity index (χ1v) is 9.80. The zero-order chi connectivity index (χ0) is 20.8. The molecule has 0 saturated carbocycles. The molecule has 146 valence electrons. The Morgan fingerprint density at radius 3 is 2.62 bits per heavy atom. The smallest absolute Gasteiger partial charge is 0.162 e. The molecule has 29 heavy (non-hydrogen) atoms. The zero-order valence-corrected chi connectivity index (χ0v) is 17.8. The molecule has 6 heteroatoms. The molecule has 0 unspecified atom stereocenters. The van der Waals surface area contributed by atoms with Crippen LogP contribution < -0.4 is 9.47 Å². The average molecular weight is 473 g/mol. The monoisotopic (exact) mass is 471 g/mol. The molecule has 0 bridgehead atoms. The lowest BCUT2D eigenvalue weighted by Gasteiger charge is -2.13. The van der Waals surface area contributed by atoms with Gasteiger partial charge in [-0.2, -0.15) is 5.26 Å². The minimum Gasteiger partial charge on any atom is -0.493 e. The second kappa shape index (κ2) is 9.60. The van der Waals surface area contributed by atoms with Gasteiger partial charge in [0.05, 0.1) is 18.8 Å². The van der Waals surface area contributed by atoms with Crippen molar-refractivity contribution < 1.29 is 13.9 Å². The second-order valence-electron chi connectivity index (χ2n) is 6.09. The summed E-state index contributed by atoms with van der Waals surface area (Å²) in [6.07, 6.45) is 1.73. The van der Waals surface area contributed by atoms with Gasteiger partial charge in [0.1, 0.15) is 12.4 Å². The largest absolute Gasteiger partial charge is 0.493 e. The molecule has 0 heterocycles. The van der Waals surface area contributed by atoms with Crippen molar-refractivity contribution in [3.05, 3.63) is 92.7 Å². The van der Waals surface area contributed by atoms with E-state index in [1.165, 1.54) is 19.2 Å². The molecular formula is C23H16BrClFNO2. The summed E-state index contributed by atoms with van der Waals surface area (Å²) < 4.78 is 25.3. The summed E-state index contributed by atoms with van der Waals surface area (Å²) in [7, 11) is 1.53. The summed E-state index contributed by atoms with van der Waals surface area (Å²) in [5.74, 6) is 0.674. The third-order valence-electron chi connectivity index (χ3n) is 4.15. The number of ether oxygens (including phenoxy) is 2. The van der Waals surface area contributed by atoms with Gasteiger partial charge < -0.3 is 9.47 Å². The Morgan fingerprint density at radius 2 is 1.93 bits per heavy atom. The van der Waals surface area contributed by atoms with Gasteiger partial charge in [-0.25, -0.2) is 4.39 Å². The number of nitrogens with zero attached hydrogens (tertiary/aromatic N) is 1. The van der Waals surface area contributed by atoms with Crippen LogP contribution in [0.4, 0.5) is 4.39 Å². The third kappa shape index (κ3) is 5.17. The Balaban J connectivity index is 1.92. The van der Waals surface area contributed by atoms with Crippen LogP contribution in [0.3, 0.4) is 0 Å². The molecular weight excluding hydrogens is 457 g/mol. The molecule has 0 aliphatic rings. The molecule has 0 N–H and O–H groups in total. The summed E-state index contributed by atoms with van der Waals surface area (Å²) in [5, 5.41) is 10.1.